The first-order valence-electron chi connectivity index (χ1n) is 15.2. The number of rotatable bonds is 21. The Morgan fingerprint density at radius 1 is 0.583 bits per heavy atom. The lowest BCUT2D eigenvalue weighted by Gasteiger charge is -2.28. The van der Waals surface area contributed by atoms with Crippen LogP contribution in [0.4, 0.5) is 0 Å². The predicted molar refractivity (Wildman–Crippen MR) is 162 cm³/mol. The smallest absolute Gasteiger partial charge is 0.124 e. The monoisotopic (exact) mass is 542 g/mol. The quantitative estimate of drug-likeness (QED) is 0.0882. The lowest BCUT2D eigenvalue weighted by atomic mass is 10.0. The minimum Gasteiger partial charge on any atom is -0.744 e. The molecule has 0 fully saturated rings. The molecular formula is C31H59O3PS. The van der Waals surface area contributed by atoms with Crippen molar-refractivity contribution in [1.29, 1.82) is 0 Å². The molecule has 0 heterocycles. The largest absolute Gasteiger partial charge is 0.744 e. The summed E-state index contributed by atoms with van der Waals surface area (Å²) < 4.78 is 33.3. The van der Waals surface area contributed by atoms with Gasteiger partial charge in [0.15, 0.2) is 0 Å². The van der Waals surface area contributed by atoms with E-state index in [1.807, 2.05) is 0 Å². The fourth-order valence-corrected chi connectivity index (χ4v) is 10.9. The number of hydrogen-bond donors (Lipinski definition) is 0. The van der Waals surface area contributed by atoms with Gasteiger partial charge >= 0.3 is 0 Å². The predicted octanol–water partition coefficient (Wildman–Crippen LogP) is 10.1. The number of aryl methyl sites for hydroxylation is 1. The van der Waals surface area contributed by atoms with Gasteiger partial charge in [-0.15, -0.1) is 0 Å². The third-order valence-corrected chi connectivity index (χ3v) is 13.2. The van der Waals surface area contributed by atoms with Crippen molar-refractivity contribution in [3.05, 3.63) is 29.8 Å². The van der Waals surface area contributed by atoms with Crippen molar-refractivity contribution in [2.45, 2.75) is 142 Å². The van der Waals surface area contributed by atoms with Crippen molar-refractivity contribution in [1.82, 2.24) is 0 Å². The van der Waals surface area contributed by atoms with Gasteiger partial charge in [0.1, 0.15) is 10.1 Å². The Labute approximate surface area is 226 Å². The Morgan fingerprint density at radius 2 is 0.972 bits per heavy atom. The Morgan fingerprint density at radius 3 is 1.39 bits per heavy atom. The molecule has 212 valence electrons. The summed E-state index contributed by atoms with van der Waals surface area (Å²) in [5.74, 6) is 0. The van der Waals surface area contributed by atoms with E-state index in [0.717, 1.165) is 12.8 Å². The Bertz CT molecular complexity index is 696. The van der Waals surface area contributed by atoms with Gasteiger partial charge in [-0.25, -0.2) is 8.42 Å². The first-order valence-corrected chi connectivity index (χ1v) is 19.1. The summed E-state index contributed by atoms with van der Waals surface area (Å²) in [5, 5.41) is 0. The molecule has 0 aromatic heterocycles. The van der Waals surface area contributed by atoms with Crippen molar-refractivity contribution < 1.29 is 13.0 Å². The van der Waals surface area contributed by atoms with Crippen molar-refractivity contribution >= 4 is 17.4 Å². The lowest BCUT2D eigenvalue weighted by molar-refractivity contribution is 0.461. The molecule has 36 heavy (non-hydrogen) atoms. The molecule has 0 spiro atoms. The second-order valence-corrected chi connectivity index (χ2v) is 16.4. The van der Waals surface area contributed by atoms with Gasteiger partial charge in [-0.2, -0.15) is 0 Å². The molecule has 3 nitrogen and oxygen atoms in total. The molecule has 0 bridgehead atoms. The van der Waals surface area contributed by atoms with Crippen molar-refractivity contribution in [3.8, 4) is 0 Å². The van der Waals surface area contributed by atoms with Crippen LogP contribution in [0, 0.1) is 0 Å². The van der Waals surface area contributed by atoms with Crippen LogP contribution in [0.15, 0.2) is 29.2 Å². The first-order chi connectivity index (χ1) is 17.3. The topological polar surface area (TPSA) is 57.2 Å². The maximum Gasteiger partial charge on any atom is 0.124 e. The molecule has 1 aromatic rings. The fourth-order valence-electron chi connectivity index (χ4n) is 4.87. The summed E-state index contributed by atoms with van der Waals surface area (Å²) in [4.78, 5) is -0.0546. The summed E-state index contributed by atoms with van der Waals surface area (Å²) >= 11 is 0. The van der Waals surface area contributed by atoms with Crippen LogP contribution in [0.3, 0.4) is 0 Å². The molecule has 0 aliphatic rings. The average molecular weight is 543 g/mol. The molecule has 5 heteroatoms. The zero-order chi connectivity index (χ0) is 27.1. The van der Waals surface area contributed by atoms with E-state index in [2.05, 4.69) is 34.6 Å². The molecular weight excluding hydrogens is 483 g/mol. The molecule has 0 saturated heterocycles. The molecule has 1 rings (SSSR count). The SMILES string of the molecule is CCCCCCCCCc1ccccc1S(=O)(=O)[O-].CCCC[P+](CCCC)(CCCC)CCCC. The zero-order valence-corrected chi connectivity index (χ0v) is 26.2. The normalized spacial score (nSPS) is 11.8. The van der Waals surface area contributed by atoms with E-state index < -0.39 is 17.4 Å². The molecule has 0 saturated carbocycles. The van der Waals surface area contributed by atoms with Crippen molar-refractivity contribution in [3.63, 3.8) is 0 Å². The van der Waals surface area contributed by atoms with E-state index in [4.69, 9.17) is 0 Å². The second-order valence-electron chi connectivity index (χ2n) is 10.6. The molecule has 0 aliphatic carbocycles. The standard InChI is InChI=1S/C16H36P.C15H24O3S/c1-5-9-13-17(14-10-6-2,15-11-7-3)16-12-8-4;1-2-3-4-5-6-7-8-11-14-12-9-10-13-15(14)19(16,17)18/h5-16H2,1-4H3;9-10,12-13H,2-8,11H2,1H3,(H,16,17,18)/q+1;/p-1. The summed E-state index contributed by atoms with van der Waals surface area (Å²) in [5.41, 5.74) is 0.658. The number of benzene rings is 1. The van der Waals surface area contributed by atoms with Gasteiger partial charge in [0.2, 0.25) is 0 Å². The van der Waals surface area contributed by atoms with Crippen LogP contribution in [0.25, 0.3) is 0 Å². The highest BCUT2D eigenvalue weighted by atomic mass is 32.2. The Balaban J connectivity index is 0.000000686. The third-order valence-electron chi connectivity index (χ3n) is 7.24. The van der Waals surface area contributed by atoms with Crippen LogP contribution >= 0.6 is 7.26 Å². The third kappa shape index (κ3) is 17.1. The van der Waals surface area contributed by atoms with Crippen molar-refractivity contribution in [2.75, 3.05) is 24.6 Å². The molecule has 0 N–H and O–H groups in total. The van der Waals surface area contributed by atoms with Crippen LogP contribution in [-0.4, -0.2) is 37.6 Å². The van der Waals surface area contributed by atoms with Crippen LogP contribution < -0.4 is 0 Å². The van der Waals surface area contributed by atoms with Gasteiger partial charge in [0, 0.05) is 7.26 Å². The molecule has 0 aliphatic heterocycles. The van der Waals surface area contributed by atoms with Crippen LogP contribution in [0.5, 0.6) is 0 Å². The molecule has 0 amide bonds. The molecule has 1 aromatic carbocycles. The van der Waals surface area contributed by atoms with E-state index in [9.17, 15) is 13.0 Å². The zero-order valence-electron chi connectivity index (χ0n) is 24.5. The minimum atomic E-state index is -4.34. The van der Waals surface area contributed by atoms with E-state index in [1.54, 1.807) is 42.8 Å². The van der Waals surface area contributed by atoms with Gasteiger partial charge < -0.3 is 4.55 Å². The summed E-state index contributed by atoms with van der Waals surface area (Å²) in [6.07, 6.45) is 26.9. The highest BCUT2D eigenvalue weighted by Gasteiger charge is 2.34. The minimum absolute atomic E-state index is 0.0546. The highest BCUT2D eigenvalue weighted by molar-refractivity contribution is 7.85. The van der Waals surface area contributed by atoms with Crippen LogP contribution in [0.2, 0.25) is 0 Å². The van der Waals surface area contributed by atoms with Gasteiger partial charge in [0.25, 0.3) is 0 Å². The van der Waals surface area contributed by atoms with E-state index in [1.165, 1.54) is 89.5 Å². The first kappa shape index (κ1) is 35.6. The van der Waals surface area contributed by atoms with Gasteiger partial charge in [0.05, 0.1) is 29.5 Å². The maximum atomic E-state index is 11.1. The summed E-state index contributed by atoms with van der Waals surface area (Å²) in [6.45, 7) is 11.6. The fraction of sp³-hybridized carbons (Fsp3) is 0.806. The average Bonchev–Trinajstić information content (AvgIpc) is 2.87. The molecule has 0 radical (unpaired) electrons. The van der Waals surface area contributed by atoms with E-state index >= 15 is 0 Å². The van der Waals surface area contributed by atoms with Crippen LogP contribution in [-0.2, 0) is 16.5 Å². The molecule has 0 atom stereocenters. The Kier molecular flexibility index (Phi) is 22.3. The Hall–Kier alpha value is -0.440. The number of hydrogen-bond acceptors (Lipinski definition) is 3. The van der Waals surface area contributed by atoms with Gasteiger partial charge in [-0.05, 0) is 50.2 Å². The number of unbranched alkanes of at least 4 members (excludes halogenated alkanes) is 10. The van der Waals surface area contributed by atoms with Gasteiger partial charge in [-0.1, -0.05) is 117 Å². The lowest BCUT2D eigenvalue weighted by Crippen LogP contribution is -2.12. The van der Waals surface area contributed by atoms with E-state index in [0.29, 0.717) is 12.0 Å². The van der Waals surface area contributed by atoms with Crippen molar-refractivity contribution in [2.24, 2.45) is 0 Å². The van der Waals surface area contributed by atoms with E-state index in [-0.39, 0.29) is 4.90 Å². The van der Waals surface area contributed by atoms with Gasteiger partial charge in [-0.3, -0.25) is 0 Å². The summed E-state index contributed by atoms with van der Waals surface area (Å²) in [6, 6.07) is 6.52. The maximum absolute atomic E-state index is 11.1. The second kappa shape index (κ2) is 22.5. The summed E-state index contributed by atoms with van der Waals surface area (Å²) in [7, 11) is -4.90. The van der Waals surface area contributed by atoms with Crippen LogP contribution in [0.1, 0.15) is 136 Å². The highest BCUT2D eigenvalue weighted by Crippen LogP contribution is 2.61. The molecule has 0 unspecified atom stereocenters.